The Morgan fingerprint density at radius 1 is 1.05 bits per heavy atom. The molecule has 0 heterocycles. The van der Waals surface area contributed by atoms with E-state index >= 15 is 0 Å². The van der Waals surface area contributed by atoms with Gasteiger partial charge in [-0.1, -0.05) is 53.5 Å². The molecule has 0 saturated carbocycles. The van der Waals surface area contributed by atoms with E-state index in [1.807, 2.05) is 49.4 Å². The van der Waals surface area contributed by atoms with E-state index in [4.69, 9.17) is 23.2 Å². The fourth-order valence-electron chi connectivity index (χ4n) is 1.91. The lowest BCUT2D eigenvalue weighted by molar-refractivity contribution is -0.110. The summed E-state index contributed by atoms with van der Waals surface area (Å²) in [7, 11) is 0. The van der Waals surface area contributed by atoms with Gasteiger partial charge in [0.2, 0.25) is 6.41 Å². The van der Waals surface area contributed by atoms with E-state index in [0.717, 1.165) is 16.7 Å². The van der Waals surface area contributed by atoms with Crippen LogP contribution in [-0.2, 0) is 4.79 Å². The number of carbonyl (C=O) groups is 1. The van der Waals surface area contributed by atoms with Crippen molar-refractivity contribution in [1.29, 1.82) is 0 Å². The van der Waals surface area contributed by atoms with Gasteiger partial charge in [0.15, 0.2) is 0 Å². The van der Waals surface area contributed by atoms with Crippen LogP contribution in [0.15, 0.2) is 42.5 Å². The second-order valence-electron chi connectivity index (χ2n) is 4.22. The summed E-state index contributed by atoms with van der Waals surface area (Å²) < 4.78 is 0. The number of carbonyl (C=O) groups excluding carboxylic acids is 1. The first-order valence-electron chi connectivity index (χ1n) is 5.87. The van der Waals surface area contributed by atoms with Gasteiger partial charge >= 0.3 is 0 Å². The van der Waals surface area contributed by atoms with Crippen LogP contribution >= 0.6 is 23.2 Å². The predicted octanol–water partition coefficient (Wildman–Crippen LogP) is 4.47. The van der Waals surface area contributed by atoms with E-state index in [-0.39, 0.29) is 6.04 Å². The third-order valence-corrected chi connectivity index (χ3v) is 3.61. The topological polar surface area (TPSA) is 29.1 Å². The number of amides is 1. The van der Waals surface area contributed by atoms with Gasteiger partial charge in [0.05, 0.1) is 6.04 Å². The lowest BCUT2D eigenvalue weighted by Crippen LogP contribution is -2.15. The Balaban J connectivity index is 2.35. The van der Waals surface area contributed by atoms with Crippen molar-refractivity contribution >= 4 is 29.6 Å². The molecule has 4 heteroatoms. The van der Waals surface area contributed by atoms with Crippen LogP contribution in [0.1, 0.15) is 18.5 Å². The molecular weight excluding hydrogens is 281 g/mol. The average molecular weight is 294 g/mol. The van der Waals surface area contributed by atoms with Crippen molar-refractivity contribution in [2.24, 2.45) is 0 Å². The van der Waals surface area contributed by atoms with Crippen molar-refractivity contribution < 1.29 is 4.79 Å². The highest BCUT2D eigenvalue weighted by Crippen LogP contribution is 2.34. The zero-order valence-corrected chi connectivity index (χ0v) is 11.9. The van der Waals surface area contributed by atoms with Crippen LogP contribution in [0.3, 0.4) is 0 Å². The molecule has 0 spiro atoms. The first-order chi connectivity index (χ1) is 9.13. The lowest BCUT2D eigenvalue weighted by Gasteiger charge is -2.12. The summed E-state index contributed by atoms with van der Waals surface area (Å²) in [6.45, 7) is 1.92. The van der Waals surface area contributed by atoms with Gasteiger partial charge in [0, 0.05) is 15.6 Å². The fourth-order valence-corrected chi connectivity index (χ4v) is 2.53. The highest BCUT2D eigenvalue weighted by molar-refractivity contribution is 6.39. The molecule has 1 N–H and O–H groups in total. The highest BCUT2D eigenvalue weighted by atomic mass is 35.5. The molecule has 1 amide bonds. The molecule has 0 aromatic heterocycles. The number of rotatable bonds is 4. The molecule has 98 valence electrons. The SMILES string of the molecule is CC(NC=O)c1ccc(-c2c(Cl)cccc2Cl)cc1. The van der Waals surface area contributed by atoms with Crippen LogP contribution in [0.2, 0.25) is 10.0 Å². The molecule has 2 nitrogen and oxygen atoms in total. The van der Waals surface area contributed by atoms with Crippen LogP contribution in [-0.4, -0.2) is 6.41 Å². The number of halogens is 2. The lowest BCUT2D eigenvalue weighted by atomic mass is 10.0. The molecular formula is C15H13Cl2NO. The minimum atomic E-state index is -0.0201. The largest absolute Gasteiger partial charge is 0.352 e. The second kappa shape index (κ2) is 6.09. The molecule has 0 bridgehead atoms. The van der Waals surface area contributed by atoms with Crippen LogP contribution < -0.4 is 5.32 Å². The normalized spacial score (nSPS) is 11.9. The van der Waals surface area contributed by atoms with Gasteiger partial charge in [0.1, 0.15) is 0 Å². The summed E-state index contributed by atoms with van der Waals surface area (Å²) in [5.41, 5.74) is 2.81. The smallest absolute Gasteiger partial charge is 0.207 e. The first kappa shape index (κ1) is 13.9. The summed E-state index contributed by atoms with van der Waals surface area (Å²) in [6, 6.07) is 13.2. The number of hydrogen-bond acceptors (Lipinski definition) is 1. The van der Waals surface area contributed by atoms with Gasteiger partial charge in [-0.2, -0.15) is 0 Å². The van der Waals surface area contributed by atoms with Crippen molar-refractivity contribution in [1.82, 2.24) is 5.32 Å². The maximum absolute atomic E-state index is 10.4. The summed E-state index contributed by atoms with van der Waals surface area (Å²) in [6.07, 6.45) is 0.698. The summed E-state index contributed by atoms with van der Waals surface area (Å²) in [5, 5.41) is 3.96. The Hall–Kier alpha value is -1.51. The fraction of sp³-hybridized carbons (Fsp3) is 0.133. The van der Waals surface area contributed by atoms with Gasteiger partial charge < -0.3 is 5.32 Å². The monoisotopic (exact) mass is 293 g/mol. The molecule has 0 aliphatic carbocycles. The zero-order valence-electron chi connectivity index (χ0n) is 10.4. The highest BCUT2D eigenvalue weighted by Gasteiger charge is 2.09. The third-order valence-electron chi connectivity index (χ3n) is 2.98. The Morgan fingerprint density at radius 3 is 2.16 bits per heavy atom. The van der Waals surface area contributed by atoms with Crippen molar-refractivity contribution in [3.63, 3.8) is 0 Å². The van der Waals surface area contributed by atoms with E-state index in [9.17, 15) is 4.79 Å². The maximum Gasteiger partial charge on any atom is 0.207 e. The molecule has 0 aliphatic rings. The third kappa shape index (κ3) is 3.09. The summed E-state index contributed by atoms with van der Waals surface area (Å²) >= 11 is 12.3. The quantitative estimate of drug-likeness (QED) is 0.828. The van der Waals surface area contributed by atoms with Gasteiger partial charge in [0.25, 0.3) is 0 Å². The molecule has 0 radical (unpaired) electrons. The minimum Gasteiger partial charge on any atom is -0.352 e. The van der Waals surface area contributed by atoms with E-state index < -0.39 is 0 Å². The van der Waals surface area contributed by atoms with Crippen LogP contribution in [0.4, 0.5) is 0 Å². The molecule has 19 heavy (non-hydrogen) atoms. The maximum atomic E-state index is 10.4. The van der Waals surface area contributed by atoms with Gasteiger partial charge in [-0.15, -0.1) is 0 Å². The standard InChI is InChI=1S/C15H13Cl2NO/c1-10(18-9-19)11-5-7-12(8-6-11)15-13(16)3-2-4-14(15)17/h2-10H,1H3,(H,18,19). The van der Waals surface area contributed by atoms with Gasteiger partial charge in [-0.3, -0.25) is 4.79 Å². The minimum absolute atomic E-state index is 0.0201. The Bertz CT molecular complexity index is 561. The van der Waals surface area contributed by atoms with Crippen LogP contribution in [0.25, 0.3) is 11.1 Å². The summed E-state index contributed by atoms with van der Waals surface area (Å²) in [4.78, 5) is 10.4. The molecule has 2 aromatic carbocycles. The molecule has 1 atom stereocenters. The zero-order chi connectivity index (χ0) is 13.8. The second-order valence-corrected chi connectivity index (χ2v) is 5.04. The number of benzene rings is 2. The van der Waals surface area contributed by atoms with E-state index in [1.165, 1.54) is 0 Å². The molecule has 1 unspecified atom stereocenters. The van der Waals surface area contributed by atoms with E-state index in [1.54, 1.807) is 0 Å². The van der Waals surface area contributed by atoms with Crippen molar-refractivity contribution in [3.05, 3.63) is 58.1 Å². The Morgan fingerprint density at radius 2 is 1.63 bits per heavy atom. The van der Waals surface area contributed by atoms with E-state index in [2.05, 4.69) is 5.32 Å². The van der Waals surface area contributed by atoms with Gasteiger partial charge in [-0.05, 0) is 30.2 Å². The first-order valence-corrected chi connectivity index (χ1v) is 6.63. The number of nitrogens with one attached hydrogen (secondary N) is 1. The Labute approximate surface area is 122 Å². The summed E-state index contributed by atoms with van der Waals surface area (Å²) in [5.74, 6) is 0. The average Bonchev–Trinajstić information content (AvgIpc) is 2.39. The molecule has 0 saturated heterocycles. The van der Waals surface area contributed by atoms with Gasteiger partial charge in [-0.25, -0.2) is 0 Å². The molecule has 2 aromatic rings. The Kier molecular flexibility index (Phi) is 4.46. The van der Waals surface area contributed by atoms with Crippen molar-refractivity contribution in [2.75, 3.05) is 0 Å². The predicted molar refractivity (Wildman–Crippen MR) is 79.5 cm³/mol. The number of hydrogen-bond donors (Lipinski definition) is 1. The molecule has 0 fully saturated rings. The molecule has 2 rings (SSSR count). The van der Waals surface area contributed by atoms with E-state index in [0.29, 0.717) is 16.5 Å². The molecule has 0 aliphatic heterocycles. The van der Waals surface area contributed by atoms with Crippen molar-refractivity contribution in [2.45, 2.75) is 13.0 Å². The van der Waals surface area contributed by atoms with Crippen LogP contribution in [0.5, 0.6) is 0 Å². The van der Waals surface area contributed by atoms with Crippen LogP contribution in [0, 0.1) is 0 Å². The van der Waals surface area contributed by atoms with Crippen molar-refractivity contribution in [3.8, 4) is 11.1 Å².